The van der Waals surface area contributed by atoms with E-state index >= 15 is 0 Å². The minimum Gasteiger partial charge on any atom is -0.497 e. The number of hydrogen-bond donors (Lipinski definition) is 2. The number of amides is 1. The van der Waals surface area contributed by atoms with Crippen LogP contribution in [0.5, 0.6) is 5.75 Å². The molecule has 1 heterocycles. The number of hydrogen-bond acceptors (Lipinski definition) is 5. The predicted molar refractivity (Wildman–Crippen MR) is 116 cm³/mol. The Morgan fingerprint density at radius 2 is 1.73 bits per heavy atom. The van der Waals surface area contributed by atoms with Crippen molar-refractivity contribution in [1.82, 2.24) is 10.2 Å². The largest absolute Gasteiger partial charge is 0.497 e. The number of methoxy groups -OCH3 is 1. The average molecular weight is 412 g/mol. The molecule has 3 rings (SSSR count). The number of benzene rings is 2. The zero-order valence-corrected chi connectivity index (χ0v) is 17.3. The van der Waals surface area contributed by atoms with Crippen LogP contribution >= 0.6 is 0 Å². The van der Waals surface area contributed by atoms with E-state index < -0.39 is 5.97 Å². The van der Waals surface area contributed by atoms with E-state index in [0.717, 1.165) is 32.5 Å². The van der Waals surface area contributed by atoms with E-state index in [-0.39, 0.29) is 25.0 Å². The fourth-order valence-electron chi connectivity index (χ4n) is 3.72. The number of ether oxygens (including phenoxy) is 1. The SMILES string of the molecule is COc1ccc(N(CC(=O)O)CC(=O)NC2CCN(Cc3ccccc3)CC2)cc1. The first-order valence-electron chi connectivity index (χ1n) is 10.2. The third kappa shape index (κ3) is 6.49. The topological polar surface area (TPSA) is 82.1 Å². The summed E-state index contributed by atoms with van der Waals surface area (Å²) in [5, 5.41) is 12.3. The van der Waals surface area contributed by atoms with Crippen molar-refractivity contribution < 1.29 is 19.4 Å². The summed E-state index contributed by atoms with van der Waals surface area (Å²) in [7, 11) is 1.57. The highest BCUT2D eigenvalue weighted by Crippen LogP contribution is 2.19. The van der Waals surface area contributed by atoms with E-state index in [9.17, 15) is 14.7 Å². The van der Waals surface area contributed by atoms with Crippen LogP contribution in [0.4, 0.5) is 5.69 Å². The maximum Gasteiger partial charge on any atom is 0.323 e. The highest BCUT2D eigenvalue weighted by Gasteiger charge is 2.22. The Bertz CT molecular complexity index is 818. The molecular weight excluding hydrogens is 382 g/mol. The van der Waals surface area contributed by atoms with Gasteiger partial charge in [0.2, 0.25) is 5.91 Å². The molecule has 0 unspecified atom stereocenters. The van der Waals surface area contributed by atoms with Gasteiger partial charge < -0.3 is 20.1 Å². The molecule has 1 aliphatic rings. The van der Waals surface area contributed by atoms with E-state index in [1.807, 2.05) is 18.2 Å². The van der Waals surface area contributed by atoms with Crippen molar-refractivity contribution in [2.24, 2.45) is 0 Å². The molecule has 1 saturated heterocycles. The van der Waals surface area contributed by atoms with Gasteiger partial charge in [-0.1, -0.05) is 30.3 Å². The maximum atomic E-state index is 12.6. The third-order valence-corrected chi connectivity index (χ3v) is 5.30. The molecule has 0 saturated carbocycles. The van der Waals surface area contributed by atoms with Crippen molar-refractivity contribution in [3.05, 3.63) is 60.2 Å². The molecule has 0 spiro atoms. The van der Waals surface area contributed by atoms with Gasteiger partial charge in [0.05, 0.1) is 13.7 Å². The first-order chi connectivity index (χ1) is 14.5. The lowest BCUT2D eigenvalue weighted by Gasteiger charge is -2.33. The average Bonchev–Trinajstić information content (AvgIpc) is 2.75. The van der Waals surface area contributed by atoms with Crippen molar-refractivity contribution in [2.45, 2.75) is 25.4 Å². The lowest BCUT2D eigenvalue weighted by molar-refractivity contribution is -0.135. The Morgan fingerprint density at radius 1 is 1.07 bits per heavy atom. The summed E-state index contributed by atoms with van der Waals surface area (Å²) in [6, 6.07) is 17.5. The summed E-state index contributed by atoms with van der Waals surface area (Å²) in [6.07, 6.45) is 1.78. The van der Waals surface area contributed by atoms with Crippen molar-refractivity contribution in [2.75, 3.05) is 38.2 Å². The highest BCUT2D eigenvalue weighted by molar-refractivity contribution is 5.84. The van der Waals surface area contributed by atoms with Gasteiger partial charge in [0, 0.05) is 31.4 Å². The molecule has 1 amide bonds. The van der Waals surface area contributed by atoms with E-state index in [1.54, 1.807) is 36.3 Å². The number of rotatable bonds is 9. The van der Waals surface area contributed by atoms with E-state index in [2.05, 4.69) is 22.3 Å². The lowest BCUT2D eigenvalue weighted by Crippen LogP contribution is -2.48. The van der Waals surface area contributed by atoms with Gasteiger partial charge in [-0.2, -0.15) is 0 Å². The number of carboxylic acids is 1. The summed E-state index contributed by atoms with van der Waals surface area (Å²) in [6.45, 7) is 2.54. The Kier molecular flexibility index (Phi) is 7.68. The van der Waals surface area contributed by atoms with Crippen LogP contribution in [-0.2, 0) is 16.1 Å². The van der Waals surface area contributed by atoms with Gasteiger partial charge in [-0.05, 0) is 42.7 Å². The number of nitrogens with zero attached hydrogens (tertiary/aromatic N) is 2. The van der Waals surface area contributed by atoms with Crippen LogP contribution in [0, 0.1) is 0 Å². The number of carboxylic acid groups (broad SMARTS) is 1. The summed E-state index contributed by atoms with van der Waals surface area (Å²) in [4.78, 5) is 27.8. The molecule has 1 aliphatic heterocycles. The first-order valence-corrected chi connectivity index (χ1v) is 10.2. The van der Waals surface area contributed by atoms with Gasteiger partial charge in [-0.3, -0.25) is 14.5 Å². The molecule has 2 N–H and O–H groups in total. The number of piperidine rings is 1. The third-order valence-electron chi connectivity index (χ3n) is 5.30. The van der Waals surface area contributed by atoms with Gasteiger partial charge in [0.15, 0.2) is 0 Å². The van der Waals surface area contributed by atoms with Gasteiger partial charge in [0.1, 0.15) is 12.3 Å². The predicted octanol–water partition coefficient (Wildman–Crippen LogP) is 2.37. The Hall–Kier alpha value is -3.06. The highest BCUT2D eigenvalue weighted by atomic mass is 16.5. The zero-order chi connectivity index (χ0) is 21.3. The van der Waals surface area contributed by atoms with Crippen molar-refractivity contribution >= 4 is 17.6 Å². The lowest BCUT2D eigenvalue weighted by atomic mass is 10.0. The van der Waals surface area contributed by atoms with Crippen LogP contribution < -0.4 is 15.0 Å². The standard InChI is InChI=1S/C23H29N3O4/c1-30-21-9-7-20(8-10-21)26(17-23(28)29)16-22(27)24-19-11-13-25(14-12-19)15-18-5-3-2-4-6-18/h2-10,19H,11-17H2,1H3,(H,24,27)(H,28,29). The second-order valence-electron chi connectivity index (χ2n) is 7.55. The molecule has 7 nitrogen and oxygen atoms in total. The molecule has 2 aromatic carbocycles. The molecule has 7 heteroatoms. The molecule has 2 aromatic rings. The summed E-state index contributed by atoms with van der Waals surface area (Å²) in [5.74, 6) is -0.456. The van der Waals surface area contributed by atoms with Crippen LogP contribution in [0.15, 0.2) is 54.6 Å². The number of likely N-dealkylation sites (tertiary alicyclic amines) is 1. The summed E-state index contributed by atoms with van der Waals surface area (Å²) >= 11 is 0. The first kappa shape index (κ1) is 21.6. The molecule has 0 atom stereocenters. The fraction of sp³-hybridized carbons (Fsp3) is 0.391. The van der Waals surface area contributed by atoms with Crippen LogP contribution in [-0.4, -0.2) is 61.2 Å². The second kappa shape index (κ2) is 10.6. The zero-order valence-electron chi connectivity index (χ0n) is 17.3. The maximum absolute atomic E-state index is 12.6. The molecule has 160 valence electrons. The van der Waals surface area contributed by atoms with E-state index in [0.29, 0.717) is 11.4 Å². The van der Waals surface area contributed by atoms with Crippen LogP contribution in [0.3, 0.4) is 0 Å². The Morgan fingerprint density at radius 3 is 2.33 bits per heavy atom. The second-order valence-corrected chi connectivity index (χ2v) is 7.55. The van der Waals surface area contributed by atoms with E-state index in [1.165, 1.54) is 5.56 Å². The number of anilines is 1. The minimum atomic E-state index is -0.979. The molecule has 1 fully saturated rings. The quantitative estimate of drug-likeness (QED) is 0.659. The fourth-order valence-corrected chi connectivity index (χ4v) is 3.72. The molecule has 0 aromatic heterocycles. The minimum absolute atomic E-state index is 0.00284. The van der Waals surface area contributed by atoms with Gasteiger partial charge in [-0.15, -0.1) is 0 Å². The van der Waals surface area contributed by atoms with E-state index in [4.69, 9.17) is 4.74 Å². The number of carbonyl (C=O) groups excluding carboxylic acids is 1. The number of aliphatic carboxylic acids is 1. The number of carbonyl (C=O) groups is 2. The monoisotopic (exact) mass is 411 g/mol. The molecule has 30 heavy (non-hydrogen) atoms. The summed E-state index contributed by atoms with van der Waals surface area (Å²) in [5.41, 5.74) is 1.97. The Balaban J connectivity index is 1.49. The number of nitrogens with one attached hydrogen (secondary N) is 1. The molecule has 0 aliphatic carbocycles. The molecular formula is C23H29N3O4. The van der Waals surface area contributed by atoms with Gasteiger partial charge >= 0.3 is 5.97 Å². The van der Waals surface area contributed by atoms with Crippen molar-refractivity contribution in [3.8, 4) is 5.75 Å². The van der Waals surface area contributed by atoms with Crippen molar-refractivity contribution in [1.29, 1.82) is 0 Å². The normalized spacial score (nSPS) is 14.8. The van der Waals surface area contributed by atoms with Crippen LogP contribution in [0.25, 0.3) is 0 Å². The van der Waals surface area contributed by atoms with Crippen molar-refractivity contribution in [3.63, 3.8) is 0 Å². The van der Waals surface area contributed by atoms with Crippen LogP contribution in [0.1, 0.15) is 18.4 Å². The molecule has 0 bridgehead atoms. The Labute approximate surface area is 177 Å². The van der Waals surface area contributed by atoms with Gasteiger partial charge in [0.25, 0.3) is 0 Å². The van der Waals surface area contributed by atoms with Crippen LogP contribution in [0.2, 0.25) is 0 Å². The molecule has 0 radical (unpaired) electrons. The summed E-state index contributed by atoms with van der Waals surface area (Å²) < 4.78 is 5.14. The van der Waals surface area contributed by atoms with Gasteiger partial charge in [-0.25, -0.2) is 0 Å². The smallest absolute Gasteiger partial charge is 0.323 e.